The number of fused-ring (bicyclic) bond motifs is 1. The minimum Gasteiger partial charge on any atom is -0.396 e. The van der Waals surface area contributed by atoms with Gasteiger partial charge in [-0.05, 0) is 44.2 Å². The number of aliphatic hydroxyl groups excluding tert-OH is 1. The molecule has 24 heavy (non-hydrogen) atoms. The molecule has 130 valence electrons. The van der Waals surface area contributed by atoms with Crippen molar-refractivity contribution in [3.63, 3.8) is 0 Å². The second kappa shape index (κ2) is 8.45. The number of para-hydroxylation sites is 1. The fourth-order valence-electron chi connectivity index (χ4n) is 3.52. The summed E-state index contributed by atoms with van der Waals surface area (Å²) in [6.45, 7) is 5.42. The second-order valence-electron chi connectivity index (χ2n) is 6.71. The van der Waals surface area contributed by atoms with Gasteiger partial charge >= 0.3 is 0 Å². The van der Waals surface area contributed by atoms with E-state index in [1.54, 1.807) is 0 Å². The van der Waals surface area contributed by atoms with Crippen LogP contribution < -0.4 is 10.2 Å². The molecule has 3 rings (SSSR count). The van der Waals surface area contributed by atoms with E-state index >= 15 is 0 Å². The van der Waals surface area contributed by atoms with Gasteiger partial charge in [-0.25, -0.2) is 4.98 Å². The van der Waals surface area contributed by atoms with Crippen LogP contribution in [0.4, 0.5) is 5.82 Å². The van der Waals surface area contributed by atoms with Crippen LogP contribution in [0.2, 0.25) is 0 Å². The summed E-state index contributed by atoms with van der Waals surface area (Å²) in [4.78, 5) is 7.43. The SMILES string of the molecule is CCC(CCO)NCc1cc2ccccc2nc1N1CCCCC1. The predicted molar refractivity (Wildman–Crippen MR) is 100 cm³/mol. The molecule has 4 heteroatoms. The van der Waals surface area contributed by atoms with Gasteiger partial charge in [0.05, 0.1) is 5.52 Å². The Morgan fingerprint density at radius 3 is 2.75 bits per heavy atom. The molecule has 1 aliphatic heterocycles. The number of hydrogen-bond acceptors (Lipinski definition) is 4. The molecular weight excluding hydrogens is 298 g/mol. The maximum atomic E-state index is 9.20. The lowest BCUT2D eigenvalue weighted by Crippen LogP contribution is -2.33. The molecule has 2 aromatic rings. The lowest BCUT2D eigenvalue weighted by atomic mass is 10.1. The normalized spacial score (nSPS) is 16.5. The van der Waals surface area contributed by atoms with Crippen molar-refractivity contribution in [2.75, 3.05) is 24.6 Å². The summed E-state index contributed by atoms with van der Waals surface area (Å²) in [6, 6.07) is 11.0. The number of hydrogen-bond donors (Lipinski definition) is 2. The molecule has 0 saturated carbocycles. The van der Waals surface area contributed by atoms with Crippen molar-refractivity contribution in [3.05, 3.63) is 35.9 Å². The van der Waals surface area contributed by atoms with Crippen molar-refractivity contribution < 1.29 is 5.11 Å². The molecule has 1 saturated heterocycles. The van der Waals surface area contributed by atoms with Crippen LogP contribution in [-0.4, -0.2) is 35.8 Å². The number of rotatable bonds is 7. The predicted octanol–water partition coefficient (Wildman–Crippen LogP) is 3.48. The Kier molecular flexibility index (Phi) is 6.05. The van der Waals surface area contributed by atoms with E-state index in [4.69, 9.17) is 4.98 Å². The van der Waals surface area contributed by atoms with E-state index in [9.17, 15) is 5.11 Å². The highest BCUT2D eigenvalue weighted by Gasteiger charge is 2.17. The monoisotopic (exact) mass is 327 g/mol. The van der Waals surface area contributed by atoms with Crippen molar-refractivity contribution in [1.82, 2.24) is 10.3 Å². The minimum absolute atomic E-state index is 0.237. The first-order valence-corrected chi connectivity index (χ1v) is 9.29. The first kappa shape index (κ1) is 17.2. The quantitative estimate of drug-likeness (QED) is 0.817. The van der Waals surface area contributed by atoms with E-state index in [0.717, 1.165) is 43.8 Å². The summed E-state index contributed by atoms with van der Waals surface area (Å²) in [6.07, 6.45) is 5.66. The van der Waals surface area contributed by atoms with Crippen LogP contribution >= 0.6 is 0 Å². The molecule has 0 aliphatic carbocycles. The topological polar surface area (TPSA) is 48.4 Å². The Labute approximate surface area is 144 Å². The lowest BCUT2D eigenvalue weighted by molar-refractivity contribution is 0.262. The maximum absolute atomic E-state index is 9.20. The summed E-state index contributed by atoms with van der Waals surface area (Å²) in [5, 5.41) is 14.0. The van der Waals surface area contributed by atoms with E-state index in [1.165, 1.54) is 30.2 Å². The lowest BCUT2D eigenvalue weighted by Gasteiger charge is -2.30. The van der Waals surface area contributed by atoms with Crippen LogP contribution in [0.3, 0.4) is 0 Å². The highest BCUT2D eigenvalue weighted by atomic mass is 16.3. The van der Waals surface area contributed by atoms with E-state index in [1.807, 2.05) is 0 Å². The third-order valence-corrected chi connectivity index (χ3v) is 4.99. The summed E-state index contributed by atoms with van der Waals surface area (Å²) in [5.41, 5.74) is 2.34. The summed E-state index contributed by atoms with van der Waals surface area (Å²) < 4.78 is 0. The standard InChI is InChI=1S/C20H29N3O/c1-2-18(10-13-24)21-15-17-14-16-8-4-5-9-19(16)22-20(17)23-11-6-3-7-12-23/h4-5,8-9,14,18,21,24H,2-3,6-7,10-13,15H2,1H3. The van der Waals surface area contributed by atoms with Gasteiger partial charge in [0.15, 0.2) is 0 Å². The number of aromatic nitrogens is 1. The molecule has 1 atom stereocenters. The van der Waals surface area contributed by atoms with E-state index in [0.29, 0.717) is 6.04 Å². The Balaban J connectivity index is 1.87. The molecule has 1 aliphatic rings. The van der Waals surface area contributed by atoms with Crippen LogP contribution in [0.1, 0.15) is 44.6 Å². The fraction of sp³-hybridized carbons (Fsp3) is 0.550. The van der Waals surface area contributed by atoms with Crippen molar-refractivity contribution >= 4 is 16.7 Å². The van der Waals surface area contributed by atoms with Gasteiger partial charge in [0.1, 0.15) is 5.82 Å². The van der Waals surface area contributed by atoms with Gasteiger partial charge in [-0.2, -0.15) is 0 Å². The van der Waals surface area contributed by atoms with Gasteiger partial charge in [0.25, 0.3) is 0 Å². The van der Waals surface area contributed by atoms with Crippen LogP contribution in [0, 0.1) is 0 Å². The molecule has 2 N–H and O–H groups in total. The molecule has 0 radical (unpaired) electrons. The molecular formula is C20H29N3O. The highest BCUT2D eigenvalue weighted by Crippen LogP contribution is 2.26. The maximum Gasteiger partial charge on any atom is 0.133 e. The van der Waals surface area contributed by atoms with Gasteiger partial charge in [-0.3, -0.25) is 0 Å². The van der Waals surface area contributed by atoms with Gasteiger partial charge in [-0.15, -0.1) is 0 Å². The summed E-state index contributed by atoms with van der Waals surface area (Å²) in [5.74, 6) is 1.14. The zero-order valence-electron chi connectivity index (χ0n) is 14.7. The second-order valence-corrected chi connectivity index (χ2v) is 6.71. The molecule has 2 heterocycles. The van der Waals surface area contributed by atoms with E-state index < -0.39 is 0 Å². The number of nitrogens with zero attached hydrogens (tertiary/aromatic N) is 2. The molecule has 0 spiro atoms. The largest absolute Gasteiger partial charge is 0.396 e. The van der Waals surface area contributed by atoms with Crippen molar-refractivity contribution in [2.24, 2.45) is 0 Å². The third kappa shape index (κ3) is 4.05. The first-order chi connectivity index (χ1) is 11.8. The Hall–Kier alpha value is -1.65. The summed E-state index contributed by atoms with van der Waals surface area (Å²) in [7, 11) is 0. The van der Waals surface area contributed by atoms with Crippen LogP contribution in [0.5, 0.6) is 0 Å². The van der Waals surface area contributed by atoms with Gasteiger partial charge < -0.3 is 15.3 Å². The van der Waals surface area contributed by atoms with Crippen molar-refractivity contribution in [1.29, 1.82) is 0 Å². The smallest absolute Gasteiger partial charge is 0.133 e. The van der Waals surface area contributed by atoms with Crippen LogP contribution in [-0.2, 0) is 6.54 Å². The molecule has 1 unspecified atom stereocenters. The number of benzene rings is 1. The number of piperidine rings is 1. The fourth-order valence-corrected chi connectivity index (χ4v) is 3.52. The minimum atomic E-state index is 0.237. The highest BCUT2D eigenvalue weighted by molar-refractivity contribution is 5.81. The average molecular weight is 327 g/mol. The number of pyridine rings is 1. The van der Waals surface area contributed by atoms with Crippen molar-refractivity contribution in [2.45, 2.75) is 51.6 Å². The van der Waals surface area contributed by atoms with Crippen LogP contribution in [0.25, 0.3) is 10.9 Å². The zero-order valence-corrected chi connectivity index (χ0v) is 14.7. The number of aliphatic hydroxyl groups is 1. The van der Waals surface area contributed by atoms with Gasteiger partial charge in [-0.1, -0.05) is 25.1 Å². The van der Waals surface area contributed by atoms with E-state index in [-0.39, 0.29) is 6.61 Å². The summed E-state index contributed by atoms with van der Waals surface area (Å²) >= 11 is 0. The Morgan fingerprint density at radius 2 is 2.00 bits per heavy atom. The first-order valence-electron chi connectivity index (χ1n) is 9.29. The van der Waals surface area contributed by atoms with Gasteiger partial charge in [0.2, 0.25) is 0 Å². The Bertz CT molecular complexity index is 652. The Morgan fingerprint density at radius 1 is 1.21 bits per heavy atom. The van der Waals surface area contributed by atoms with E-state index in [2.05, 4.69) is 47.5 Å². The zero-order chi connectivity index (χ0) is 16.8. The van der Waals surface area contributed by atoms with Crippen molar-refractivity contribution in [3.8, 4) is 0 Å². The molecule has 0 bridgehead atoms. The number of nitrogens with one attached hydrogen (secondary N) is 1. The molecule has 1 aromatic heterocycles. The van der Waals surface area contributed by atoms with Crippen LogP contribution in [0.15, 0.2) is 30.3 Å². The molecule has 1 aromatic carbocycles. The average Bonchev–Trinajstić information content (AvgIpc) is 2.65. The third-order valence-electron chi connectivity index (χ3n) is 4.99. The molecule has 4 nitrogen and oxygen atoms in total. The van der Waals surface area contributed by atoms with Gasteiger partial charge in [0, 0.05) is 43.2 Å². The molecule has 1 fully saturated rings. The number of anilines is 1. The molecule has 0 amide bonds.